The molecule has 0 atom stereocenters. The average molecular weight is 245 g/mol. The zero-order valence-corrected chi connectivity index (χ0v) is 9.95. The Hall–Kier alpha value is -2.51. The summed E-state index contributed by atoms with van der Waals surface area (Å²) in [6, 6.07) is 0. The van der Waals surface area contributed by atoms with E-state index in [1.165, 1.54) is 6.33 Å². The van der Waals surface area contributed by atoms with Crippen LogP contribution in [0.2, 0.25) is 0 Å². The Labute approximate surface area is 102 Å². The molecule has 18 heavy (non-hydrogen) atoms. The third-order valence-corrected chi connectivity index (χ3v) is 2.52. The molecule has 0 aromatic carbocycles. The minimum atomic E-state index is 0.383. The number of H-pyrrole nitrogens is 1. The second-order valence-corrected chi connectivity index (χ2v) is 3.77. The van der Waals surface area contributed by atoms with Gasteiger partial charge < -0.3 is 4.52 Å². The molecule has 3 aromatic heterocycles. The maximum Gasteiger partial charge on any atom is 0.261 e. The van der Waals surface area contributed by atoms with E-state index < -0.39 is 0 Å². The van der Waals surface area contributed by atoms with E-state index in [4.69, 9.17) is 4.52 Å². The van der Waals surface area contributed by atoms with E-state index >= 15 is 0 Å². The van der Waals surface area contributed by atoms with Crippen LogP contribution < -0.4 is 0 Å². The molecular formula is C10H11N7O. The lowest BCUT2D eigenvalue weighted by Gasteiger charge is -1.90. The van der Waals surface area contributed by atoms with E-state index in [0.717, 1.165) is 17.7 Å². The molecule has 8 heteroatoms. The lowest BCUT2D eigenvalue weighted by atomic mass is 10.2. The van der Waals surface area contributed by atoms with E-state index in [0.29, 0.717) is 17.5 Å². The zero-order valence-electron chi connectivity index (χ0n) is 9.95. The summed E-state index contributed by atoms with van der Waals surface area (Å²) in [7, 11) is 1.86. The van der Waals surface area contributed by atoms with E-state index in [-0.39, 0.29) is 0 Å². The van der Waals surface area contributed by atoms with Gasteiger partial charge in [-0.1, -0.05) is 12.1 Å². The van der Waals surface area contributed by atoms with Crippen LogP contribution in [0.3, 0.4) is 0 Å². The van der Waals surface area contributed by atoms with Crippen LogP contribution in [-0.2, 0) is 13.5 Å². The molecule has 0 amide bonds. The van der Waals surface area contributed by atoms with Crippen LogP contribution in [0.25, 0.3) is 23.1 Å². The summed E-state index contributed by atoms with van der Waals surface area (Å²) < 4.78 is 6.96. The molecule has 3 rings (SSSR count). The molecule has 92 valence electrons. The van der Waals surface area contributed by atoms with Crippen molar-refractivity contribution in [1.29, 1.82) is 0 Å². The summed E-state index contributed by atoms with van der Waals surface area (Å²) in [5, 5.41) is 14.6. The fourth-order valence-electron chi connectivity index (χ4n) is 1.72. The molecule has 3 aromatic rings. The first-order valence-corrected chi connectivity index (χ1v) is 5.50. The smallest absolute Gasteiger partial charge is 0.261 e. The van der Waals surface area contributed by atoms with Gasteiger partial charge in [0.2, 0.25) is 5.82 Å². The second-order valence-electron chi connectivity index (χ2n) is 3.77. The minimum absolute atomic E-state index is 0.383. The molecule has 1 N–H and O–H groups in total. The van der Waals surface area contributed by atoms with Crippen molar-refractivity contribution in [1.82, 2.24) is 35.1 Å². The second kappa shape index (κ2) is 4.06. The van der Waals surface area contributed by atoms with Gasteiger partial charge in [0.25, 0.3) is 5.89 Å². The molecule has 0 aliphatic heterocycles. The maximum absolute atomic E-state index is 5.23. The van der Waals surface area contributed by atoms with Gasteiger partial charge in [-0.25, -0.2) is 4.98 Å². The molecule has 0 aliphatic rings. The van der Waals surface area contributed by atoms with Crippen LogP contribution in [0.5, 0.6) is 0 Å². The monoisotopic (exact) mass is 245 g/mol. The Balaban J connectivity index is 2.02. The van der Waals surface area contributed by atoms with Crippen molar-refractivity contribution < 1.29 is 4.52 Å². The number of aromatic amines is 1. The molecular weight excluding hydrogens is 234 g/mol. The molecule has 0 saturated heterocycles. The molecule has 0 unspecified atom stereocenters. The Morgan fingerprint density at radius 3 is 3.06 bits per heavy atom. The maximum atomic E-state index is 5.23. The van der Waals surface area contributed by atoms with Crippen molar-refractivity contribution in [2.45, 2.75) is 13.3 Å². The summed E-state index contributed by atoms with van der Waals surface area (Å²) >= 11 is 0. The van der Waals surface area contributed by atoms with Crippen LogP contribution in [0.15, 0.2) is 17.0 Å². The lowest BCUT2D eigenvalue weighted by Crippen LogP contribution is -1.89. The van der Waals surface area contributed by atoms with Gasteiger partial charge >= 0.3 is 0 Å². The van der Waals surface area contributed by atoms with Crippen molar-refractivity contribution >= 4 is 0 Å². The van der Waals surface area contributed by atoms with Crippen molar-refractivity contribution in [2.75, 3.05) is 0 Å². The Kier molecular flexibility index (Phi) is 2.40. The number of aromatic nitrogens is 7. The summed E-state index contributed by atoms with van der Waals surface area (Å²) in [6.07, 6.45) is 4.06. The highest BCUT2D eigenvalue weighted by atomic mass is 16.5. The first-order valence-electron chi connectivity index (χ1n) is 5.50. The first-order chi connectivity index (χ1) is 8.78. The van der Waals surface area contributed by atoms with Gasteiger partial charge in [0.05, 0.1) is 11.3 Å². The summed E-state index contributed by atoms with van der Waals surface area (Å²) in [5.74, 6) is 1.30. The molecule has 0 spiro atoms. The van der Waals surface area contributed by atoms with Gasteiger partial charge in [0, 0.05) is 13.2 Å². The molecule has 0 saturated carbocycles. The highest BCUT2D eigenvalue weighted by Crippen LogP contribution is 2.23. The van der Waals surface area contributed by atoms with Gasteiger partial charge in [-0.2, -0.15) is 15.2 Å². The minimum Gasteiger partial charge on any atom is -0.333 e. The van der Waals surface area contributed by atoms with Crippen LogP contribution in [0, 0.1) is 0 Å². The molecule has 3 heterocycles. The summed E-state index contributed by atoms with van der Waals surface area (Å²) in [4.78, 5) is 8.25. The fraction of sp³-hybridized carbons (Fsp3) is 0.300. The average Bonchev–Trinajstić information content (AvgIpc) is 3.08. The SMILES string of the molecule is CCc1nn(C)cc1-c1nc(-c2ncn[nH]2)no1. The highest BCUT2D eigenvalue weighted by Gasteiger charge is 2.17. The van der Waals surface area contributed by atoms with Crippen LogP contribution >= 0.6 is 0 Å². The predicted octanol–water partition coefficient (Wildman–Crippen LogP) is 0.818. The molecule has 0 radical (unpaired) electrons. The van der Waals surface area contributed by atoms with Crippen molar-refractivity contribution in [3.05, 3.63) is 18.2 Å². The van der Waals surface area contributed by atoms with E-state index in [1.807, 2.05) is 20.2 Å². The van der Waals surface area contributed by atoms with Crippen molar-refractivity contribution in [3.8, 4) is 23.1 Å². The van der Waals surface area contributed by atoms with E-state index in [1.54, 1.807) is 4.68 Å². The molecule has 0 aliphatic carbocycles. The normalized spacial score (nSPS) is 11.0. The van der Waals surface area contributed by atoms with Gasteiger partial charge in [-0.3, -0.25) is 9.78 Å². The Morgan fingerprint density at radius 1 is 1.44 bits per heavy atom. The number of rotatable bonds is 3. The first kappa shape index (κ1) is 10.6. The number of hydrogen-bond acceptors (Lipinski definition) is 6. The van der Waals surface area contributed by atoms with Crippen LogP contribution in [0.1, 0.15) is 12.6 Å². The number of nitrogens with zero attached hydrogens (tertiary/aromatic N) is 6. The largest absolute Gasteiger partial charge is 0.333 e. The molecule has 0 bridgehead atoms. The topological polar surface area (TPSA) is 98.3 Å². The van der Waals surface area contributed by atoms with Gasteiger partial charge in [0.15, 0.2) is 5.82 Å². The van der Waals surface area contributed by atoms with Crippen molar-refractivity contribution in [2.24, 2.45) is 7.05 Å². The van der Waals surface area contributed by atoms with E-state index in [9.17, 15) is 0 Å². The Bertz CT molecular complexity index is 652. The number of nitrogens with one attached hydrogen (secondary N) is 1. The fourth-order valence-corrected chi connectivity index (χ4v) is 1.72. The quantitative estimate of drug-likeness (QED) is 0.733. The standard InChI is InChI=1S/C10H11N7O/c1-3-7-6(4-17(2)15-7)10-13-9(16-18-10)8-11-5-12-14-8/h4-5H,3H2,1-2H3,(H,11,12,14). The summed E-state index contributed by atoms with van der Waals surface area (Å²) in [5.41, 5.74) is 1.77. The number of hydrogen-bond donors (Lipinski definition) is 1. The predicted molar refractivity (Wildman–Crippen MR) is 61.3 cm³/mol. The highest BCUT2D eigenvalue weighted by molar-refractivity contribution is 5.57. The summed E-state index contributed by atoms with van der Waals surface area (Å²) in [6.45, 7) is 2.03. The van der Waals surface area contributed by atoms with Gasteiger partial charge in [-0.05, 0) is 6.42 Å². The molecule has 8 nitrogen and oxygen atoms in total. The third-order valence-electron chi connectivity index (χ3n) is 2.52. The Morgan fingerprint density at radius 2 is 2.33 bits per heavy atom. The van der Waals surface area contributed by atoms with Gasteiger partial charge in [-0.15, -0.1) is 0 Å². The molecule has 0 fully saturated rings. The van der Waals surface area contributed by atoms with Gasteiger partial charge in [0.1, 0.15) is 6.33 Å². The lowest BCUT2D eigenvalue weighted by molar-refractivity contribution is 0.431. The number of aryl methyl sites for hydroxylation is 2. The van der Waals surface area contributed by atoms with E-state index in [2.05, 4.69) is 30.4 Å². The van der Waals surface area contributed by atoms with Crippen LogP contribution in [-0.4, -0.2) is 35.1 Å². The third kappa shape index (κ3) is 1.67. The zero-order chi connectivity index (χ0) is 12.5. The van der Waals surface area contributed by atoms with Crippen LogP contribution in [0.4, 0.5) is 0 Å². The van der Waals surface area contributed by atoms with Crippen molar-refractivity contribution in [3.63, 3.8) is 0 Å².